The molecule has 3 aromatic rings. The van der Waals surface area contributed by atoms with E-state index in [0.717, 1.165) is 5.57 Å². The predicted octanol–water partition coefficient (Wildman–Crippen LogP) is 8.80. The molecule has 0 heteroatoms. The summed E-state index contributed by atoms with van der Waals surface area (Å²) in [5.41, 5.74) is 8.69. The third-order valence-electron chi connectivity index (χ3n) is 3.95. The Morgan fingerprint density at radius 1 is 0.714 bits per heavy atom. The molecule has 0 fully saturated rings. The van der Waals surface area contributed by atoms with Crippen LogP contribution in [0.4, 0.5) is 0 Å². The van der Waals surface area contributed by atoms with Crippen molar-refractivity contribution in [1.29, 1.82) is 0 Å². The zero-order valence-electron chi connectivity index (χ0n) is 18.1. The standard InChI is InChI=1S/C20H18.C5H8.C3H8/c1-15-9-11-17(12-10-15)19-7-4-8-20(14-19)18-6-3-5-16(2)13-18;1-4-5(2)3;1-3-2/h3-14H,1-2H3;4H,1-2H2,3H3;3H2,1-2H3. The molecule has 0 saturated carbocycles. The number of benzene rings is 3. The molecule has 0 saturated heterocycles. The molecule has 0 unspecified atom stereocenters. The summed E-state index contributed by atoms with van der Waals surface area (Å²) in [6, 6.07) is 26.1. The smallest absolute Gasteiger partial charge is 0.0178 e. The van der Waals surface area contributed by atoms with Gasteiger partial charge in [-0.2, -0.15) is 0 Å². The van der Waals surface area contributed by atoms with Crippen LogP contribution in [0.3, 0.4) is 0 Å². The van der Waals surface area contributed by atoms with Crippen LogP contribution in [-0.2, 0) is 0 Å². The highest BCUT2D eigenvalue weighted by Crippen LogP contribution is 2.27. The van der Waals surface area contributed by atoms with E-state index < -0.39 is 0 Å². The summed E-state index contributed by atoms with van der Waals surface area (Å²) in [7, 11) is 0. The fourth-order valence-electron chi connectivity index (χ4n) is 2.45. The van der Waals surface area contributed by atoms with Gasteiger partial charge < -0.3 is 0 Å². The Balaban J connectivity index is 0.000000421. The number of aryl methyl sites for hydroxylation is 2. The summed E-state index contributed by atoms with van der Waals surface area (Å²) in [4.78, 5) is 0. The molecule has 0 N–H and O–H groups in total. The predicted molar refractivity (Wildman–Crippen MR) is 128 cm³/mol. The van der Waals surface area contributed by atoms with Gasteiger partial charge in [-0.15, -0.1) is 0 Å². The molecule has 3 aromatic carbocycles. The molecule has 0 atom stereocenters. The van der Waals surface area contributed by atoms with Crippen molar-refractivity contribution in [3.63, 3.8) is 0 Å². The van der Waals surface area contributed by atoms with Crippen LogP contribution in [0.2, 0.25) is 0 Å². The summed E-state index contributed by atoms with van der Waals surface area (Å²) < 4.78 is 0. The lowest BCUT2D eigenvalue weighted by molar-refractivity contribution is 1.09. The Hall–Kier alpha value is -2.86. The molecule has 0 aliphatic carbocycles. The maximum Gasteiger partial charge on any atom is -0.0178 e. The summed E-state index contributed by atoms with van der Waals surface area (Å²) >= 11 is 0. The van der Waals surface area contributed by atoms with Crippen LogP contribution < -0.4 is 0 Å². The van der Waals surface area contributed by atoms with Crippen LogP contribution >= 0.6 is 0 Å². The highest BCUT2D eigenvalue weighted by molar-refractivity contribution is 5.73. The molecule has 0 aliphatic rings. The van der Waals surface area contributed by atoms with E-state index in [0.29, 0.717) is 0 Å². The molecule has 3 rings (SSSR count). The van der Waals surface area contributed by atoms with Crippen LogP contribution in [0.15, 0.2) is 97.6 Å². The van der Waals surface area contributed by atoms with Gasteiger partial charge in [0.1, 0.15) is 0 Å². The molecule has 0 aliphatic heterocycles. The van der Waals surface area contributed by atoms with Gasteiger partial charge in [-0.3, -0.25) is 0 Å². The normalized spacial score (nSPS) is 9.32. The minimum Gasteiger partial charge on any atom is -0.0988 e. The van der Waals surface area contributed by atoms with E-state index in [2.05, 4.69) is 114 Å². The first kappa shape index (κ1) is 23.2. The fraction of sp³-hybridized carbons (Fsp3) is 0.214. The largest absolute Gasteiger partial charge is 0.0988 e. The van der Waals surface area contributed by atoms with Gasteiger partial charge in [-0.05, 0) is 49.1 Å². The van der Waals surface area contributed by atoms with E-state index in [1.54, 1.807) is 6.08 Å². The first-order valence-electron chi connectivity index (χ1n) is 9.93. The highest BCUT2D eigenvalue weighted by Gasteiger charge is 2.01. The Bertz CT molecular complexity index is 867. The maximum atomic E-state index is 3.56. The third-order valence-corrected chi connectivity index (χ3v) is 3.95. The lowest BCUT2D eigenvalue weighted by atomic mass is 9.98. The van der Waals surface area contributed by atoms with Crippen LogP contribution in [0.5, 0.6) is 0 Å². The average Bonchev–Trinajstić information content (AvgIpc) is 2.70. The van der Waals surface area contributed by atoms with Crippen molar-refractivity contribution in [3.8, 4) is 22.3 Å². The zero-order valence-corrected chi connectivity index (χ0v) is 18.1. The molecular formula is C28H34. The van der Waals surface area contributed by atoms with E-state index in [-0.39, 0.29) is 0 Å². The zero-order chi connectivity index (χ0) is 20.9. The molecular weight excluding hydrogens is 336 g/mol. The minimum absolute atomic E-state index is 1.02. The average molecular weight is 371 g/mol. The highest BCUT2D eigenvalue weighted by atomic mass is 14.1. The van der Waals surface area contributed by atoms with Crippen LogP contribution in [0.1, 0.15) is 38.3 Å². The van der Waals surface area contributed by atoms with Gasteiger partial charge in [0.15, 0.2) is 0 Å². The van der Waals surface area contributed by atoms with E-state index >= 15 is 0 Å². The van der Waals surface area contributed by atoms with Gasteiger partial charge in [0.2, 0.25) is 0 Å². The van der Waals surface area contributed by atoms with Crippen molar-refractivity contribution < 1.29 is 0 Å². The Morgan fingerprint density at radius 2 is 1.14 bits per heavy atom. The van der Waals surface area contributed by atoms with Crippen molar-refractivity contribution >= 4 is 0 Å². The van der Waals surface area contributed by atoms with Crippen molar-refractivity contribution in [1.82, 2.24) is 0 Å². The van der Waals surface area contributed by atoms with Gasteiger partial charge >= 0.3 is 0 Å². The molecule has 0 amide bonds. The number of rotatable bonds is 3. The molecule has 0 spiro atoms. The van der Waals surface area contributed by atoms with Crippen LogP contribution in [0, 0.1) is 13.8 Å². The molecule has 0 nitrogen and oxygen atoms in total. The minimum atomic E-state index is 1.02. The Kier molecular flexibility index (Phi) is 10.4. The first-order valence-corrected chi connectivity index (χ1v) is 9.93. The van der Waals surface area contributed by atoms with Crippen molar-refractivity contribution in [2.45, 2.75) is 41.0 Å². The molecule has 0 radical (unpaired) electrons. The van der Waals surface area contributed by atoms with E-state index in [1.807, 2.05) is 6.92 Å². The molecule has 0 aromatic heterocycles. The summed E-state index contributed by atoms with van der Waals surface area (Å²) in [5.74, 6) is 0. The summed E-state index contributed by atoms with van der Waals surface area (Å²) in [5, 5.41) is 0. The SMILES string of the molecule is C=CC(=C)C.CCC.Cc1ccc(-c2cccc(-c3cccc(C)c3)c2)cc1. The van der Waals surface area contributed by atoms with Crippen molar-refractivity contribution in [2.24, 2.45) is 0 Å². The monoisotopic (exact) mass is 370 g/mol. The van der Waals surface area contributed by atoms with Gasteiger partial charge in [-0.25, -0.2) is 0 Å². The quantitative estimate of drug-likeness (QED) is 0.404. The van der Waals surface area contributed by atoms with Crippen LogP contribution in [0.25, 0.3) is 22.3 Å². The Labute approximate surface area is 172 Å². The molecule has 146 valence electrons. The number of allylic oxidation sites excluding steroid dienone is 2. The van der Waals surface area contributed by atoms with Crippen molar-refractivity contribution in [2.75, 3.05) is 0 Å². The van der Waals surface area contributed by atoms with E-state index in [1.165, 1.54) is 39.8 Å². The lowest BCUT2D eigenvalue weighted by Gasteiger charge is -2.07. The summed E-state index contributed by atoms with van der Waals surface area (Å²) in [6.07, 6.45) is 2.97. The summed E-state index contributed by atoms with van der Waals surface area (Å²) in [6.45, 7) is 17.4. The number of hydrogen-bond acceptors (Lipinski definition) is 0. The maximum absolute atomic E-state index is 3.56. The molecule has 28 heavy (non-hydrogen) atoms. The topological polar surface area (TPSA) is 0 Å². The first-order chi connectivity index (χ1) is 13.4. The van der Waals surface area contributed by atoms with E-state index in [9.17, 15) is 0 Å². The second-order valence-corrected chi connectivity index (χ2v) is 7.07. The Morgan fingerprint density at radius 3 is 1.61 bits per heavy atom. The second kappa shape index (κ2) is 12.5. The van der Waals surface area contributed by atoms with Gasteiger partial charge in [0, 0.05) is 0 Å². The fourth-order valence-corrected chi connectivity index (χ4v) is 2.45. The molecule has 0 bridgehead atoms. The lowest BCUT2D eigenvalue weighted by Crippen LogP contribution is -1.82. The van der Waals surface area contributed by atoms with Gasteiger partial charge in [0.25, 0.3) is 0 Å². The molecule has 0 heterocycles. The van der Waals surface area contributed by atoms with Crippen molar-refractivity contribution in [3.05, 3.63) is 109 Å². The number of hydrogen-bond donors (Lipinski definition) is 0. The van der Waals surface area contributed by atoms with Crippen LogP contribution in [-0.4, -0.2) is 0 Å². The second-order valence-electron chi connectivity index (χ2n) is 7.07. The van der Waals surface area contributed by atoms with Gasteiger partial charge in [-0.1, -0.05) is 123 Å². The van der Waals surface area contributed by atoms with E-state index in [4.69, 9.17) is 0 Å². The third kappa shape index (κ3) is 8.22. The van der Waals surface area contributed by atoms with Gasteiger partial charge in [0.05, 0.1) is 0 Å².